The van der Waals surface area contributed by atoms with Gasteiger partial charge in [0.05, 0.1) is 6.10 Å². The van der Waals surface area contributed by atoms with Crippen molar-refractivity contribution in [3.05, 3.63) is 23.9 Å². The van der Waals surface area contributed by atoms with Gasteiger partial charge >= 0.3 is 0 Å². The summed E-state index contributed by atoms with van der Waals surface area (Å²) < 4.78 is 5.60. The molecule has 98 valence electrons. The number of carbonyl (C=O) groups is 1. The maximum atomic E-state index is 11.8. The zero-order chi connectivity index (χ0) is 12.8. The second kappa shape index (κ2) is 6.35. The van der Waals surface area contributed by atoms with Gasteiger partial charge in [-0.25, -0.2) is 4.98 Å². The predicted octanol–water partition coefficient (Wildman–Crippen LogP) is 1.35. The molecule has 2 heterocycles. The summed E-state index contributed by atoms with van der Waals surface area (Å²) in [5, 5.41) is 2.87. The molecule has 0 saturated carbocycles. The number of nitrogens with two attached hydrogens (primary N) is 1. The average Bonchev–Trinajstić information content (AvgIpc) is 2.40. The summed E-state index contributed by atoms with van der Waals surface area (Å²) in [6.45, 7) is 1.48. The molecule has 5 heteroatoms. The Balaban J connectivity index is 1.74. The van der Waals surface area contributed by atoms with E-state index in [2.05, 4.69) is 10.3 Å². The maximum absolute atomic E-state index is 11.8. The third-order valence-corrected chi connectivity index (χ3v) is 3.07. The van der Waals surface area contributed by atoms with Gasteiger partial charge in [0, 0.05) is 24.9 Å². The van der Waals surface area contributed by atoms with Crippen molar-refractivity contribution in [3.8, 4) is 0 Å². The minimum Gasteiger partial charge on any atom is -0.384 e. The van der Waals surface area contributed by atoms with Crippen LogP contribution in [0.1, 0.15) is 36.0 Å². The monoisotopic (exact) mass is 249 g/mol. The molecular weight excluding hydrogens is 230 g/mol. The summed E-state index contributed by atoms with van der Waals surface area (Å²) in [7, 11) is 0. The Hall–Kier alpha value is -1.62. The molecule has 0 aromatic carbocycles. The van der Waals surface area contributed by atoms with E-state index in [1.807, 2.05) is 0 Å². The number of amides is 1. The van der Waals surface area contributed by atoms with Crippen LogP contribution < -0.4 is 11.1 Å². The third-order valence-electron chi connectivity index (χ3n) is 3.07. The van der Waals surface area contributed by atoms with Crippen LogP contribution in [0.25, 0.3) is 0 Å². The second-order valence-corrected chi connectivity index (χ2v) is 4.50. The van der Waals surface area contributed by atoms with Crippen molar-refractivity contribution in [2.75, 3.05) is 18.9 Å². The van der Waals surface area contributed by atoms with Crippen molar-refractivity contribution in [1.29, 1.82) is 0 Å². The van der Waals surface area contributed by atoms with E-state index in [4.69, 9.17) is 10.5 Å². The van der Waals surface area contributed by atoms with Gasteiger partial charge in [-0.05, 0) is 37.8 Å². The molecule has 0 radical (unpaired) electrons. The molecule has 2 rings (SSSR count). The summed E-state index contributed by atoms with van der Waals surface area (Å²) >= 11 is 0. The summed E-state index contributed by atoms with van der Waals surface area (Å²) in [5.41, 5.74) is 6.08. The molecule has 1 atom stereocenters. The van der Waals surface area contributed by atoms with Crippen molar-refractivity contribution in [3.63, 3.8) is 0 Å². The largest absolute Gasteiger partial charge is 0.384 e. The number of nitrogens with zero attached hydrogens (tertiary/aromatic N) is 1. The highest BCUT2D eigenvalue weighted by Gasteiger charge is 2.14. The Morgan fingerprint density at radius 1 is 1.56 bits per heavy atom. The summed E-state index contributed by atoms with van der Waals surface area (Å²) in [6, 6.07) is 3.23. The van der Waals surface area contributed by atoms with Gasteiger partial charge in [0.25, 0.3) is 5.91 Å². The van der Waals surface area contributed by atoms with Crippen LogP contribution in [0, 0.1) is 0 Å². The number of pyridine rings is 1. The van der Waals surface area contributed by atoms with Crippen LogP contribution in [0.4, 0.5) is 5.82 Å². The number of ether oxygens (including phenoxy) is 1. The van der Waals surface area contributed by atoms with E-state index >= 15 is 0 Å². The quantitative estimate of drug-likeness (QED) is 0.844. The minimum atomic E-state index is -0.111. The standard InChI is InChI=1S/C13H19N3O2/c14-12-9-10(4-6-15-12)13(17)16-7-5-11-3-1-2-8-18-11/h4,6,9,11H,1-3,5,7-8H2,(H2,14,15)(H,16,17). The van der Waals surface area contributed by atoms with E-state index in [0.717, 1.165) is 25.9 Å². The molecular formula is C13H19N3O2. The molecule has 18 heavy (non-hydrogen) atoms. The van der Waals surface area contributed by atoms with Crippen LogP contribution in [0.5, 0.6) is 0 Å². The topological polar surface area (TPSA) is 77.2 Å². The zero-order valence-electron chi connectivity index (χ0n) is 10.4. The van der Waals surface area contributed by atoms with Crippen LogP contribution in [-0.4, -0.2) is 30.1 Å². The third kappa shape index (κ3) is 3.70. The SMILES string of the molecule is Nc1cc(C(=O)NCCC2CCCCO2)ccn1. The van der Waals surface area contributed by atoms with Crippen LogP contribution in [0.2, 0.25) is 0 Å². The zero-order valence-corrected chi connectivity index (χ0v) is 10.4. The van der Waals surface area contributed by atoms with E-state index in [9.17, 15) is 4.79 Å². The highest BCUT2D eigenvalue weighted by molar-refractivity contribution is 5.94. The molecule has 1 amide bonds. The summed E-state index contributed by atoms with van der Waals surface area (Å²) in [5.74, 6) is 0.248. The fraction of sp³-hybridized carbons (Fsp3) is 0.538. The molecule has 0 spiro atoms. The molecule has 1 aromatic rings. The minimum absolute atomic E-state index is 0.111. The lowest BCUT2D eigenvalue weighted by Crippen LogP contribution is -2.29. The Labute approximate surface area is 107 Å². The number of carbonyl (C=O) groups excluding carboxylic acids is 1. The molecule has 1 saturated heterocycles. The molecule has 5 nitrogen and oxygen atoms in total. The van der Waals surface area contributed by atoms with E-state index in [1.54, 1.807) is 12.1 Å². The number of hydrogen-bond acceptors (Lipinski definition) is 4. The molecule has 0 bridgehead atoms. The van der Waals surface area contributed by atoms with E-state index < -0.39 is 0 Å². The van der Waals surface area contributed by atoms with Crippen molar-refractivity contribution < 1.29 is 9.53 Å². The van der Waals surface area contributed by atoms with Crippen molar-refractivity contribution in [2.24, 2.45) is 0 Å². The smallest absolute Gasteiger partial charge is 0.251 e. The Morgan fingerprint density at radius 2 is 2.44 bits per heavy atom. The van der Waals surface area contributed by atoms with Crippen LogP contribution in [-0.2, 0) is 4.74 Å². The Bertz CT molecular complexity index is 403. The lowest BCUT2D eigenvalue weighted by Gasteiger charge is -2.22. The first-order chi connectivity index (χ1) is 8.75. The summed E-state index contributed by atoms with van der Waals surface area (Å²) in [6.07, 6.45) is 6.17. The highest BCUT2D eigenvalue weighted by Crippen LogP contribution is 2.14. The molecule has 1 unspecified atom stereocenters. The number of nitrogens with one attached hydrogen (secondary N) is 1. The fourth-order valence-corrected chi connectivity index (χ4v) is 2.07. The molecule has 1 aliphatic heterocycles. The van der Waals surface area contributed by atoms with Gasteiger partial charge in [-0.3, -0.25) is 4.79 Å². The Kier molecular flexibility index (Phi) is 4.52. The molecule has 1 aromatic heterocycles. The first-order valence-electron chi connectivity index (χ1n) is 6.37. The lowest BCUT2D eigenvalue weighted by atomic mass is 10.1. The normalized spacial score (nSPS) is 19.4. The first-order valence-corrected chi connectivity index (χ1v) is 6.37. The van der Waals surface area contributed by atoms with Gasteiger partial charge in [-0.2, -0.15) is 0 Å². The van der Waals surface area contributed by atoms with Crippen LogP contribution >= 0.6 is 0 Å². The fourth-order valence-electron chi connectivity index (χ4n) is 2.07. The van der Waals surface area contributed by atoms with Gasteiger partial charge in [0.1, 0.15) is 5.82 Å². The van der Waals surface area contributed by atoms with Gasteiger partial charge in [-0.1, -0.05) is 0 Å². The number of nitrogen functional groups attached to an aromatic ring is 1. The summed E-state index contributed by atoms with van der Waals surface area (Å²) in [4.78, 5) is 15.7. The number of anilines is 1. The highest BCUT2D eigenvalue weighted by atomic mass is 16.5. The van der Waals surface area contributed by atoms with E-state index in [0.29, 0.717) is 24.0 Å². The number of rotatable bonds is 4. The Morgan fingerprint density at radius 3 is 3.17 bits per heavy atom. The first kappa shape index (κ1) is 12.8. The molecule has 3 N–H and O–H groups in total. The maximum Gasteiger partial charge on any atom is 0.251 e. The molecule has 1 aliphatic rings. The van der Waals surface area contributed by atoms with E-state index in [-0.39, 0.29) is 5.91 Å². The molecule has 1 fully saturated rings. The second-order valence-electron chi connectivity index (χ2n) is 4.50. The van der Waals surface area contributed by atoms with Crippen LogP contribution in [0.3, 0.4) is 0 Å². The molecule has 0 aliphatic carbocycles. The van der Waals surface area contributed by atoms with Crippen molar-refractivity contribution in [2.45, 2.75) is 31.8 Å². The van der Waals surface area contributed by atoms with Gasteiger partial charge in [0.2, 0.25) is 0 Å². The predicted molar refractivity (Wildman–Crippen MR) is 69.2 cm³/mol. The lowest BCUT2D eigenvalue weighted by molar-refractivity contribution is 0.0117. The number of hydrogen-bond donors (Lipinski definition) is 2. The van der Waals surface area contributed by atoms with Crippen LogP contribution in [0.15, 0.2) is 18.3 Å². The van der Waals surface area contributed by atoms with E-state index in [1.165, 1.54) is 12.6 Å². The van der Waals surface area contributed by atoms with Crippen molar-refractivity contribution in [1.82, 2.24) is 10.3 Å². The van der Waals surface area contributed by atoms with Crippen molar-refractivity contribution >= 4 is 11.7 Å². The number of aromatic nitrogens is 1. The van der Waals surface area contributed by atoms with Gasteiger partial charge in [-0.15, -0.1) is 0 Å². The van der Waals surface area contributed by atoms with Gasteiger partial charge in [0.15, 0.2) is 0 Å². The average molecular weight is 249 g/mol. The van der Waals surface area contributed by atoms with Gasteiger partial charge < -0.3 is 15.8 Å².